The summed E-state index contributed by atoms with van der Waals surface area (Å²) in [7, 11) is 1.60. The summed E-state index contributed by atoms with van der Waals surface area (Å²) in [6.07, 6.45) is 0. The number of nitrogens with one attached hydrogen (secondary N) is 1. The third-order valence-corrected chi connectivity index (χ3v) is 1.13. The van der Waals surface area contributed by atoms with E-state index in [0.717, 1.165) is 0 Å². The summed E-state index contributed by atoms with van der Waals surface area (Å²) in [6, 6.07) is 0. The van der Waals surface area contributed by atoms with Crippen molar-refractivity contribution in [3.63, 3.8) is 0 Å². The predicted octanol–water partition coefficient (Wildman–Crippen LogP) is 0.747. The molecule has 50 valence electrons. The van der Waals surface area contributed by atoms with Gasteiger partial charge in [0.25, 0.3) is 0 Å². The summed E-state index contributed by atoms with van der Waals surface area (Å²) >= 11 is 10.4. The number of ether oxygens (including phenoxy) is 1. The van der Waals surface area contributed by atoms with Crippen LogP contribution in [0.5, 0.6) is 0 Å². The van der Waals surface area contributed by atoms with Gasteiger partial charge in [0.2, 0.25) is 0 Å². The van der Waals surface area contributed by atoms with Crippen LogP contribution < -0.4 is 4.94 Å². The second-order valence-corrected chi connectivity index (χ2v) is 1.74. The Morgan fingerprint density at radius 1 is 1.75 bits per heavy atom. The smallest absolute Gasteiger partial charge is 0.0618 e. The molecule has 0 aliphatic heterocycles. The Morgan fingerprint density at radius 3 is 2.75 bits per heavy atom. The molecule has 8 heavy (non-hydrogen) atoms. The molecule has 0 bridgehead atoms. The topological polar surface area (TPSA) is 24.5 Å². The quantitative estimate of drug-likeness (QED) is 0.483. The van der Waals surface area contributed by atoms with Gasteiger partial charge in [-0.25, -0.2) is 0 Å². The number of methoxy groups -OCH3 is 1. The lowest BCUT2D eigenvalue weighted by atomic mass is 10.7. The average Bonchev–Trinajstić information content (AvgIpc) is 1.83. The van der Waals surface area contributed by atoms with Crippen LogP contribution in [0.15, 0.2) is 0 Å². The molecule has 0 amide bonds. The molecule has 0 radical (unpaired) electrons. The molecule has 0 saturated carbocycles. The molecule has 0 aromatic carbocycles. The molecule has 0 atom stereocenters. The van der Waals surface area contributed by atoms with Gasteiger partial charge in [-0.2, -0.15) is 4.94 Å². The highest BCUT2D eigenvalue weighted by Crippen LogP contribution is 1.87. The highest BCUT2D eigenvalue weighted by Gasteiger charge is 1.93. The van der Waals surface area contributed by atoms with Gasteiger partial charge in [0.1, 0.15) is 0 Å². The van der Waals surface area contributed by atoms with Crippen LogP contribution in [0.3, 0.4) is 0 Å². The van der Waals surface area contributed by atoms with Crippen LogP contribution in [0, 0.1) is 0 Å². The second-order valence-electron chi connectivity index (χ2n) is 1.16. The fraction of sp³-hybridized carbons (Fsp3) is 1.00. The van der Waals surface area contributed by atoms with Crippen molar-refractivity contribution in [2.45, 2.75) is 0 Å². The van der Waals surface area contributed by atoms with Gasteiger partial charge in [-0.1, -0.05) is 0 Å². The molecule has 0 spiro atoms. The van der Waals surface area contributed by atoms with Gasteiger partial charge < -0.3 is 4.74 Å². The highest BCUT2D eigenvalue weighted by atomic mass is 35.5. The molecule has 0 aromatic heterocycles. The molecular formula is C3H8Cl2N2O. The van der Waals surface area contributed by atoms with Crippen molar-refractivity contribution in [1.82, 2.24) is 9.47 Å². The molecule has 0 aromatic rings. The van der Waals surface area contributed by atoms with E-state index in [1.807, 2.05) is 0 Å². The maximum Gasteiger partial charge on any atom is 0.0618 e. The van der Waals surface area contributed by atoms with Gasteiger partial charge in [-0.15, -0.1) is 4.53 Å². The molecule has 0 saturated heterocycles. The van der Waals surface area contributed by atoms with E-state index in [0.29, 0.717) is 13.2 Å². The van der Waals surface area contributed by atoms with E-state index < -0.39 is 0 Å². The van der Waals surface area contributed by atoms with Gasteiger partial charge in [-0.05, 0) is 23.6 Å². The summed E-state index contributed by atoms with van der Waals surface area (Å²) in [5.74, 6) is 0. The lowest BCUT2D eigenvalue weighted by Gasteiger charge is -2.06. The monoisotopic (exact) mass is 158 g/mol. The second kappa shape index (κ2) is 5.59. The van der Waals surface area contributed by atoms with Crippen molar-refractivity contribution in [3.8, 4) is 0 Å². The molecule has 0 aliphatic carbocycles. The molecule has 1 N–H and O–H groups in total. The van der Waals surface area contributed by atoms with Gasteiger partial charge in [-0.3, -0.25) is 0 Å². The largest absolute Gasteiger partial charge is 0.383 e. The third kappa shape index (κ3) is 4.61. The lowest BCUT2D eigenvalue weighted by molar-refractivity contribution is 0.176. The van der Waals surface area contributed by atoms with Gasteiger partial charge in [0.15, 0.2) is 0 Å². The van der Waals surface area contributed by atoms with Crippen molar-refractivity contribution in [1.29, 1.82) is 0 Å². The molecular weight excluding hydrogens is 151 g/mol. The first-order chi connectivity index (χ1) is 3.81. The molecule has 0 unspecified atom stereocenters. The van der Waals surface area contributed by atoms with Crippen LogP contribution in [0.25, 0.3) is 0 Å². The number of rotatable bonds is 4. The predicted molar refractivity (Wildman–Crippen MR) is 33.4 cm³/mol. The van der Waals surface area contributed by atoms with E-state index in [9.17, 15) is 0 Å². The lowest BCUT2D eigenvalue weighted by Crippen LogP contribution is -2.24. The van der Waals surface area contributed by atoms with Gasteiger partial charge in [0.05, 0.1) is 13.2 Å². The molecule has 0 rings (SSSR count). The standard InChI is InChI=1S/C3H8Cl2N2O/c1-8-3-2-7(5)6-4/h6H,2-3H2,1H3. The molecule has 5 heteroatoms. The zero-order valence-corrected chi connectivity index (χ0v) is 6.04. The normalized spacial score (nSPS) is 10.5. The molecule has 0 fully saturated rings. The van der Waals surface area contributed by atoms with Gasteiger partial charge in [0, 0.05) is 7.11 Å². The average molecular weight is 159 g/mol. The summed E-state index contributed by atoms with van der Waals surface area (Å²) < 4.78 is 5.89. The number of hydrogen-bond donors (Lipinski definition) is 1. The first kappa shape index (κ1) is 8.46. The first-order valence-electron chi connectivity index (χ1n) is 2.09. The van der Waals surface area contributed by atoms with Crippen LogP contribution in [0.1, 0.15) is 0 Å². The Morgan fingerprint density at radius 2 is 2.38 bits per heavy atom. The summed E-state index contributed by atoms with van der Waals surface area (Å²) in [6.45, 7) is 1.12. The van der Waals surface area contributed by atoms with E-state index in [1.165, 1.54) is 4.53 Å². The maximum absolute atomic E-state index is 5.35. The fourth-order valence-corrected chi connectivity index (χ4v) is 0.367. The molecule has 0 heterocycles. The van der Waals surface area contributed by atoms with Crippen molar-refractivity contribution in [2.24, 2.45) is 0 Å². The van der Waals surface area contributed by atoms with Crippen LogP contribution in [-0.4, -0.2) is 24.8 Å². The maximum atomic E-state index is 5.35. The Balaban J connectivity index is 2.86. The molecule has 0 aliphatic rings. The number of hydrogen-bond acceptors (Lipinski definition) is 3. The summed E-state index contributed by atoms with van der Waals surface area (Å²) in [4.78, 5) is 2.19. The van der Waals surface area contributed by atoms with E-state index in [1.54, 1.807) is 7.11 Å². The summed E-state index contributed by atoms with van der Waals surface area (Å²) in [5, 5.41) is 0. The third-order valence-electron chi connectivity index (χ3n) is 0.583. The Labute approximate surface area is 58.7 Å². The van der Waals surface area contributed by atoms with Crippen LogP contribution >= 0.6 is 23.6 Å². The summed E-state index contributed by atoms with van der Waals surface area (Å²) in [5.41, 5.74) is 0. The minimum atomic E-state index is 0.557. The van der Waals surface area contributed by atoms with E-state index in [2.05, 4.69) is 9.68 Å². The zero-order chi connectivity index (χ0) is 6.41. The highest BCUT2D eigenvalue weighted by molar-refractivity contribution is 6.19. The fourth-order valence-electron chi connectivity index (χ4n) is 0.214. The van der Waals surface area contributed by atoms with Crippen molar-refractivity contribution in [3.05, 3.63) is 0 Å². The van der Waals surface area contributed by atoms with E-state index in [4.69, 9.17) is 23.6 Å². The van der Waals surface area contributed by atoms with E-state index in [-0.39, 0.29) is 0 Å². The Hall–Kier alpha value is 0.460. The SMILES string of the molecule is COCCN(Cl)NCl. The Bertz CT molecular complexity index is 54.5. The van der Waals surface area contributed by atoms with Crippen molar-refractivity contribution >= 4 is 23.6 Å². The van der Waals surface area contributed by atoms with Crippen LogP contribution in [0.2, 0.25) is 0 Å². The Kier molecular flexibility index (Phi) is 5.92. The van der Waals surface area contributed by atoms with Crippen molar-refractivity contribution < 1.29 is 4.74 Å². The van der Waals surface area contributed by atoms with Crippen LogP contribution in [0.4, 0.5) is 0 Å². The number of nitrogens with zero attached hydrogens (tertiary/aromatic N) is 1. The minimum absolute atomic E-state index is 0.557. The minimum Gasteiger partial charge on any atom is -0.383 e. The van der Waals surface area contributed by atoms with Crippen LogP contribution in [-0.2, 0) is 4.74 Å². The van der Waals surface area contributed by atoms with E-state index >= 15 is 0 Å². The first-order valence-corrected chi connectivity index (χ1v) is 2.81. The zero-order valence-electron chi connectivity index (χ0n) is 4.53. The number of halogens is 2. The number of hydrazine groups is 1. The van der Waals surface area contributed by atoms with Crippen molar-refractivity contribution in [2.75, 3.05) is 20.3 Å². The van der Waals surface area contributed by atoms with Gasteiger partial charge >= 0.3 is 0 Å². The molecule has 3 nitrogen and oxygen atoms in total.